The number of hydrogen-bond acceptors (Lipinski definition) is 3. The number of ketones is 1. The molecule has 0 amide bonds. The number of phenolic OH excluding ortho intramolecular Hbond substituents is 1. The minimum Gasteiger partial charge on any atom is -0.508 e. The van der Waals surface area contributed by atoms with Gasteiger partial charge in [0.05, 0.1) is 7.11 Å². The first-order valence-electron chi connectivity index (χ1n) is 8.87. The third-order valence-electron chi connectivity index (χ3n) is 4.81. The molecule has 0 aliphatic heterocycles. The third kappa shape index (κ3) is 3.60. The number of carbonyl (C=O) groups excluding carboxylic acids is 1. The van der Waals surface area contributed by atoms with Gasteiger partial charge in [0.2, 0.25) is 0 Å². The highest BCUT2D eigenvalue weighted by atomic mass is 16.5. The second-order valence-corrected chi connectivity index (χ2v) is 6.49. The van der Waals surface area contributed by atoms with Crippen LogP contribution in [0.5, 0.6) is 11.5 Å². The smallest absolute Gasteiger partial charge is 0.189 e. The molecule has 0 unspecified atom stereocenters. The molecule has 0 heterocycles. The van der Waals surface area contributed by atoms with Gasteiger partial charge in [-0.05, 0) is 65.9 Å². The fraction of sp³-hybridized carbons (Fsp3) is 0.318. The molecule has 25 heavy (non-hydrogen) atoms. The summed E-state index contributed by atoms with van der Waals surface area (Å²) in [6.45, 7) is 2.17. The Balaban J connectivity index is 1.95. The first-order chi connectivity index (χ1) is 12.1. The van der Waals surface area contributed by atoms with E-state index in [0.29, 0.717) is 12.0 Å². The summed E-state index contributed by atoms with van der Waals surface area (Å²) in [6.07, 6.45) is 4.85. The van der Waals surface area contributed by atoms with Crippen LogP contribution in [0.25, 0.3) is 5.57 Å². The lowest BCUT2D eigenvalue weighted by molar-refractivity contribution is 0.103. The molecule has 0 bridgehead atoms. The van der Waals surface area contributed by atoms with Gasteiger partial charge in [0.1, 0.15) is 11.5 Å². The molecular formula is C22H24O3. The number of carbonyl (C=O) groups is 1. The zero-order valence-electron chi connectivity index (χ0n) is 14.8. The standard InChI is InChI=1S/C22H24O3/c1-3-4-5-6-19-20-14-17(23)10-7-16(20)13-21(19)22(24)15-8-11-18(25-2)12-9-15/h7-12,14,23H,3-6,13H2,1-2H3. The fourth-order valence-electron chi connectivity index (χ4n) is 3.43. The van der Waals surface area contributed by atoms with E-state index in [-0.39, 0.29) is 11.5 Å². The molecule has 1 N–H and O–H groups in total. The molecule has 3 heteroatoms. The summed E-state index contributed by atoms with van der Waals surface area (Å²) >= 11 is 0. The Labute approximate surface area is 149 Å². The SMILES string of the molecule is CCCCCC1=C(C(=O)c2ccc(OC)cc2)Cc2ccc(O)cc21. The molecule has 0 saturated carbocycles. The Morgan fingerprint density at radius 3 is 2.56 bits per heavy atom. The second kappa shape index (κ2) is 7.56. The van der Waals surface area contributed by atoms with Crippen molar-refractivity contribution in [2.75, 3.05) is 7.11 Å². The molecule has 0 radical (unpaired) electrons. The van der Waals surface area contributed by atoms with Crippen LogP contribution in [0, 0.1) is 0 Å². The minimum absolute atomic E-state index is 0.0739. The van der Waals surface area contributed by atoms with Crippen LogP contribution >= 0.6 is 0 Å². The molecule has 0 saturated heterocycles. The number of unbranched alkanes of at least 4 members (excludes halogenated alkanes) is 2. The maximum absolute atomic E-state index is 13.1. The highest BCUT2D eigenvalue weighted by Gasteiger charge is 2.26. The Morgan fingerprint density at radius 1 is 1.12 bits per heavy atom. The van der Waals surface area contributed by atoms with E-state index in [9.17, 15) is 9.90 Å². The van der Waals surface area contributed by atoms with Gasteiger partial charge in [0.25, 0.3) is 0 Å². The van der Waals surface area contributed by atoms with Crippen LogP contribution in [-0.2, 0) is 6.42 Å². The van der Waals surface area contributed by atoms with Crippen molar-refractivity contribution >= 4 is 11.4 Å². The monoisotopic (exact) mass is 336 g/mol. The van der Waals surface area contributed by atoms with Crippen LogP contribution < -0.4 is 4.74 Å². The summed E-state index contributed by atoms with van der Waals surface area (Å²) in [5.74, 6) is 1.07. The number of hydrogen-bond donors (Lipinski definition) is 1. The normalized spacial score (nSPS) is 13.0. The quantitative estimate of drug-likeness (QED) is 0.560. The molecule has 0 fully saturated rings. The molecule has 3 rings (SSSR count). The summed E-state index contributed by atoms with van der Waals surface area (Å²) in [6, 6.07) is 12.7. The van der Waals surface area contributed by atoms with Crippen molar-refractivity contribution < 1.29 is 14.6 Å². The van der Waals surface area contributed by atoms with Crippen LogP contribution in [0.4, 0.5) is 0 Å². The lowest BCUT2D eigenvalue weighted by Crippen LogP contribution is -2.05. The predicted molar refractivity (Wildman–Crippen MR) is 100 cm³/mol. The molecular weight excluding hydrogens is 312 g/mol. The summed E-state index contributed by atoms with van der Waals surface area (Å²) in [5, 5.41) is 9.86. The first-order valence-corrected chi connectivity index (χ1v) is 8.87. The number of fused-ring (bicyclic) bond motifs is 1. The highest BCUT2D eigenvalue weighted by molar-refractivity contribution is 6.14. The van der Waals surface area contributed by atoms with Gasteiger partial charge in [-0.3, -0.25) is 4.79 Å². The summed E-state index contributed by atoms with van der Waals surface area (Å²) in [5.41, 5.74) is 4.80. The predicted octanol–water partition coefficient (Wildman–Crippen LogP) is 5.17. The minimum atomic E-state index is 0.0739. The van der Waals surface area contributed by atoms with Crippen molar-refractivity contribution in [1.82, 2.24) is 0 Å². The van der Waals surface area contributed by atoms with Crippen molar-refractivity contribution in [2.24, 2.45) is 0 Å². The molecule has 2 aromatic carbocycles. The number of Topliss-reactive ketones (excluding diaryl/α,β-unsaturated/α-hetero) is 1. The number of ether oxygens (including phenoxy) is 1. The second-order valence-electron chi connectivity index (χ2n) is 6.49. The zero-order valence-corrected chi connectivity index (χ0v) is 14.8. The van der Waals surface area contributed by atoms with E-state index in [0.717, 1.165) is 53.7 Å². The molecule has 1 aliphatic carbocycles. The Hall–Kier alpha value is -2.55. The van der Waals surface area contributed by atoms with Gasteiger partial charge in [0, 0.05) is 17.6 Å². The van der Waals surface area contributed by atoms with E-state index in [1.165, 1.54) is 0 Å². The highest BCUT2D eigenvalue weighted by Crippen LogP contribution is 2.39. The van der Waals surface area contributed by atoms with Gasteiger partial charge in [-0.15, -0.1) is 0 Å². The van der Waals surface area contributed by atoms with Crippen molar-refractivity contribution in [3.8, 4) is 11.5 Å². The number of benzene rings is 2. The van der Waals surface area contributed by atoms with Crippen LogP contribution in [-0.4, -0.2) is 18.0 Å². The third-order valence-corrected chi connectivity index (χ3v) is 4.81. The Bertz CT molecular complexity index is 801. The van der Waals surface area contributed by atoms with E-state index >= 15 is 0 Å². The van der Waals surface area contributed by atoms with E-state index in [4.69, 9.17) is 4.74 Å². The molecule has 0 aromatic heterocycles. The summed E-state index contributed by atoms with van der Waals surface area (Å²) in [7, 11) is 1.62. The molecule has 3 nitrogen and oxygen atoms in total. The van der Waals surface area contributed by atoms with Gasteiger partial charge in [-0.1, -0.05) is 25.8 Å². The zero-order chi connectivity index (χ0) is 17.8. The first kappa shape index (κ1) is 17.3. The van der Waals surface area contributed by atoms with Gasteiger partial charge in [-0.2, -0.15) is 0 Å². The van der Waals surface area contributed by atoms with E-state index in [2.05, 4.69) is 6.92 Å². The molecule has 2 aromatic rings. The van der Waals surface area contributed by atoms with Gasteiger partial charge in [0.15, 0.2) is 5.78 Å². The largest absolute Gasteiger partial charge is 0.508 e. The molecule has 1 aliphatic rings. The lowest BCUT2D eigenvalue weighted by Gasteiger charge is -2.09. The van der Waals surface area contributed by atoms with Gasteiger partial charge in [-0.25, -0.2) is 0 Å². The topological polar surface area (TPSA) is 46.5 Å². The molecule has 0 spiro atoms. The number of aromatic hydroxyl groups is 1. The average molecular weight is 336 g/mol. The van der Waals surface area contributed by atoms with E-state index in [1.54, 1.807) is 19.2 Å². The van der Waals surface area contributed by atoms with E-state index in [1.807, 2.05) is 30.3 Å². The van der Waals surface area contributed by atoms with Crippen LogP contribution in [0.1, 0.15) is 54.1 Å². The number of rotatable bonds is 7. The van der Waals surface area contributed by atoms with Crippen molar-refractivity contribution in [3.05, 3.63) is 64.7 Å². The maximum atomic E-state index is 13.1. The van der Waals surface area contributed by atoms with Crippen molar-refractivity contribution in [3.63, 3.8) is 0 Å². The summed E-state index contributed by atoms with van der Waals surface area (Å²) in [4.78, 5) is 13.1. The number of phenols is 1. The van der Waals surface area contributed by atoms with Crippen molar-refractivity contribution in [2.45, 2.75) is 39.0 Å². The fourth-order valence-corrected chi connectivity index (χ4v) is 3.43. The number of methoxy groups -OCH3 is 1. The van der Waals surface area contributed by atoms with Crippen LogP contribution in [0.2, 0.25) is 0 Å². The molecule has 0 atom stereocenters. The Kier molecular flexibility index (Phi) is 5.22. The number of allylic oxidation sites excluding steroid dienone is 2. The van der Waals surface area contributed by atoms with Gasteiger partial charge >= 0.3 is 0 Å². The van der Waals surface area contributed by atoms with Crippen molar-refractivity contribution in [1.29, 1.82) is 0 Å². The van der Waals surface area contributed by atoms with E-state index < -0.39 is 0 Å². The summed E-state index contributed by atoms with van der Waals surface area (Å²) < 4.78 is 5.17. The lowest BCUT2D eigenvalue weighted by atomic mass is 9.95. The Morgan fingerprint density at radius 2 is 1.88 bits per heavy atom. The van der Waals surface area contributed by atoms with Crippen LogP contribution in [0.15, 0.2) is 48.0 Å². The van der Waals surface area contributed by atoms with Gasteiger partial charge < -0.3 is 9.84 Å². The average Bonchev–Trinajstić information content (AvgIpc) is 2.99. The van der Waals surface area contributed by atoms with Crippen LogP contribution in [0.3, 0.4) is 0 Å². The molecule has 130 valence electrons. The maximum Gasteiger partial charge on any atom is 0.189 e.